The van der Waals surface area contributed by atoms with E-state index in [-0.39, 0.29) is 17.5 Å². The van der Waals surface area contributed by atoms with Crippen molar-refractivity contribution < 1.29 is 20.1 Å². The smallest absolute Gasteiger partial charge is 0.336 e. The number of hydrogen-bond donors (Lipinski definition) is 5. The van der Waals surface area contributed by atoms with Crippen LogP contribution in [0.5, 0.6) is 0 Å². The molecule has 5 nitrogen and oxygen atoms in total. The molecule has 1 aromatic rings. The monoisotopic (exact) mass is 257 g/mol. The minimum atomic E-state index is -1.26. The summed E-state index contributed by atoms with van der Waals surface area (Å²) in [5.41, 5.74) is 5.83. The van der Waals surface area contributed by atoms with Crippen molar-refractivity contribution in [2.45, 2.75) is 18.6 Å². The van der Waals surface area contributed by atoms with E-state index >= 15 is 0 Å². The summed E-state index contributed by atoms with van der Waals surface area (Å²) in [5.74, 6) is -0.792. The molecule has 0 radical (unpaired) electrons. The van der Waals surface area contributed by atoms with E-state index in [1.54, 1.807) is 0 Å². The zero-order valence-corrected chi connectivity index (χ0v) is 9.97. The molecule has 0 aromatic heterocycles. The van der Waals surface area contributed by atoms with Gasteiger partial charge in [0, 0.05) is 5.69 Å². The number of hydrogen-bond acceptors (Lipinski definition) is 5. The maximum atomic E-state index is 11.0. The lowest BCUT2D eigenvalue weighted by atomic mass is 9.97. The van der Waals surface area contributed by atoms with Crippen LogP contribution in [-0.2, 0) is 0 Å². The van der Waals surface area contributed by atoms with Crippen molar-refractivity contribution in [1.82, 2.24) is 0 Å². The van der Waals surface area contributed by atoms with E-state index < -0.39 is 18.2 Å². The third kappa shape index (κ3) is 3.36. The standard InChI is InChI=1S/C11H15NO4S/c12-6-1-2-7(8(5-6)11(15)16)10(14)9(13)3-4-17/h1-2,5,9-10,13-14,17H,3-4,12H2,(H,15,16). The zero-order valence-electron chi connectivity index (χ0n) is 9.08. The Kier molecular flexibility index (Phi) is 4.80. The summed E-state index contributed by atoms with van der Waals surface area (Å²) in [5, 5.41) is 28.5. The quantitative estimate of drug-likeness (QED) is 0.394. The molecule has 0 saturated carbocycles. The summed E-state index contributed by atoms with van der Waals surface area (Å²) in [4.78, 5) is 11.0. The number of aromatic carboxylic acids is 1. The van der Waals surface area contributed by atoms with Crippen molar-refractivity contribution in [3.63, 3.8) is 0 Å². The van der Waals surface area contributed by atoms with Crippen LogP contribution in [0.2, 0.25) is 0 Å². The van der Waals surface area contributed by atoms with Gasteiger partial charge in [-0.05, 0) is 29.9 Å². The van der Waals surface area contributed by atoms with E-state index in [4.69, 9.17) is 10.8 Å². The molecule has 1 aromatic carbocycles. The first-order valence-electron chi connectivity index (χ1n) is 5.07. The molecule has 0 amide bonds. The molecule has 0 saturated heterocycles. The fourth-order valence-corrected chi connectivity index (χ4v) is 1.78. The molecule has 0 bridgehead atoms. The molecule has 1 rings (SSSR count). The van der Waals surface area contributed by atoms with Gasteiger partial charge in [-0.2, -0.15) is 12.6 Å². The predicted molar refractivity (Wildman–Crippen MR) is 67.3 cm³/mol. The van der Waals surface area contributed by atoms with Gasteiger partial charge >= 0.3 is 5.97 Å². The second-order valence-electron chi connectivity index (χ2n) is 3.68. The highest BCUT2D eigenvalue weighted by atomic mass is 32.1. The Morgan fingerprint density at radius 3 is 2.59 bits per heavy atom. The van der Waals surface area contributed by atoms with Crippen LogP contribution >= 0.6 is 12.6 Å². The molecule has 94 valence electrons. The highest BCUT2D eigenvalue weighted by Crippen LogP contribution is 2.25. The molecule has 17 heavy (non-hydrogen) atoms. The average Bonchev–Trinajstić information content (AvgIpc) is 2.28. The second kappa shape index (κ2) is 5.90. The summed E-state index contributed by atoms with van der Waals surface area (Å²) >= 11 is 3.94. The molecule has 0 fully saturated rings. The number of carbonyl (C=O) groups is 1. The van der Waals surface area contributed by atoms with Gasteiger partial charge in [0.1, 0.15) is 6.10 Å². The van der Waals surface area contributed by atoms with E-state index in [1.165, 1.54) is 18.2 Å². The third-order valence-electron chi connectivity index (χ3n) is 2.42. The Hall–Kier alpha value is -1.24. The zero-order chi connectivity index (χ0) is 13.0. The van der Waals surface area contributed by atoms with E-state index in [0.29, 0.717) is 11.4 Å². The van der Waals surface area contributed by atoms with Crippen LogP contribution in [0.3, 0.4) is 0 Å². The molecule has 5 N–H and O–H groups in total. The molecule has 0 spiro atoms. The van der Waals surface area contributed by atoms with Gasteiger partial charge in [0.25, 0.3) is 0 Å². The number of nitrogens with two attached hydrogens (primary N) is 1. The summed E-state index contributed by atoms with van der Waals surface area (Å²) in [6.07, 6.45) is -2.03. The largest absolute Gasteiger partial charge is 0.478 e. The summed E-state index contributed by atoms with van der Waals surface area (Å²) in [7, 11) is 0. The first kappa shape index (κ1) is 13.8. The Labute approximate surface area is 104 Å². The van der Waals surface area contributed by atoms with Crippen LogP contribution in [-0.4, -0.2) is 33.1 Å². The van der Waals surface area contributed by atoms with Gasteiger partial charge in [-0.3, -0.25) is 0 Å². The van der Waals surface area contributed by atoms with E-state index in [2.05, 4.69) is 12.6 Å². The van der Waals surface area contributed by atoms with Gasteiger partial charge in [0.05, 0.1) is 11.7 Å². The number of benzene rings is 1. The van der Waals surface area contributed by atoms with Gasteiger partial charge in [-0.1, -0.05) is 6.07 Å². The highest BCUT2D eigenvalue weighted by Gasteiger charge is 2.23. The van der Waals surface area contributed by atoms with Gasteiger partial charge in [-0.15, -0.1) is 0 Å². The minimum Gasteiger partial charge on any atom is -0.478 e. The number of carboxylic acid groups (broad SMARTS) is 1. The maximum Gasteiger partial charge on any atom is 0.336 e. The van der Waals surface area contributed by atoms with Crippen LogP contribution in [0.15, 0.2) is 18.2 Å². The molecule has 0 aliphatic carbocycles. The fourth-order valence-electron chi connectivity index (χ4n) is 1.51. The van der Waals surface area contributed by atoms with Gasteiger partial charge in [0.15, 0.2) is 0 Å². The van der Waals surface area contributed by atoms with E-state index in [0.717, 1.165) is 0 Å². The van der Waals surface area contributed by atoms with Crippen LogP contribution in [0, 0.1) is 0 Å². The summed E-state index contributed by atoms with van der Waals surface area (Å²) in [6.45, 7) is 0. The normalized spacial score (nSPS) is 14.3. The van der Waals surface area contributed by atoms with Crippen molar-refractivity contribution in [2.24, 2.45) is 0 Å². The first-order valence-corrected chi connectivity index (χ1v) is 5.70. The minimum absolute atomic E-state index is 0.101. The van der Waals surface area contributed by atoms with Crippen molar-refractivity contribution in [1.29, 1.82) is 0 Å². The number of aliphatic hydroxyl groups excluding tert-OH is 2. The lowest BCUT2D eigenvalue weighted by Gasteiger charge is -2.19. The van der Waals surface area contributed by atoms with Gasteiger partial charge in [0.2, 0.25) is 0 Å². The average molecular weight is 257 g/mol. The van der Waals surface area contributed by atoms with Crippen molar-refractivity contribution >= 4 is 24.3 Å². The third-order valence-corrected chi connectivity index (χ3v) is 2.67. The first-order chi connectivity index (χ1) is 7.97. The molecule has 2 atom stereocenters. The number of thiol groups is 1. The SMILES string of the molecule is Nc1ccc(C(O)C(O)CCS)c(C(=O)O)c1. The lowest BCUT2D eigenvalue weighted by Crippen LogP contribution is -2.21. The van der Waals surface area contributed by atoms with Crippen LogP contribution in [0.1, 0.15) is 28.4 Å². The van der Waals surface area contributed by atoms with Crippen LogP contribution < -0.4 is 5.73 Å². The molecular weight excluding hydrogens is 242 g/mol. The van der Waals surface area contributed by atoms with Gasteiger partial charge in [-0.25, -0.2) is 4.79 Å². The van der Waals surface area contributed by atoms with E-state index in [1.807, 2.05) is 0 Å². The number of rotatable bonds is 5. The molecular formula is C11H15NO4S. The lowest BCUT2D eigenvalue weighted by molar-refractivity contribution is 0.0162. The molecule has 0 aliphatic rings. The Bertz CT molecular complexity index is 410. The fraction of sp³-hybridized carbons (Fsp3) is 0.364. The highest BCUT2D eigenvalue weighted by molar-refractivity contribution is 7.80. The van der Waals surface area contributed by atoms with Crippen molar-refractivity contribution in [3.8, 4) is 0 Å². The number of anilines is 1. The van der Waals surface area contributed by atoms with Crippen molar-refractivity contribution in [3.05, 3.63) is 29.3 Å². The van der Waals surface area contributed by atoms with E-state index in [9.17, 15) is 15.0 Å². The molecule has 0 aliphatic heterocycles. The number of carboxylic acids is 1. The number of nitrogen functional groups attached to an aromatic ring is 1. The Morgan fingerprint density at radius 1 is 1.41 bits per heavy atom. The van der Waals surface area contributed by atoms with Crippen LogP contribution in [0.25, 0.3) is 0 Å². The Morgan fingerprint density at radius 2 is 2.06 bits per heavy atom. The predicted octanol–water partition coefficient (Wildman–Crippen LogP) is 0.681. The molecule has 0 heterocycles. The van der Waals surface area contributed by atoms with Crippen LogP contribution in [0.4, 0.5) is 5.69 Å². The molecule has 6 heteroatoms. The topological polar surface area (TPSA) is 104 Å². The molecule has 2 unspecified atom stereocenters. The van der Waals surface area contributed by atoms with Crippen molar-refractivity contribution in [2.75, 3.05) is 11.5 Å². The summed E-state index contributed by atoms with van der Waals surface area (Å²) < 4.78 is 0. The van der Waals surface area contributed by atoms with Gasteiger partial charge < -0.3 is 21.1 Å². The number of aliphatic hydroxyl groups is 2. The Balaban J connectivity index is 3.08. The maximum absolute atomic E-state index is 11.0. The second-order valence-corrected chi connectivity index (χ2v) is 4.12. The summed E-state index contributed by atoms with van der Waals surface area (Å²) in [6, 6.07) is 4.15.